The number of nitro benzene ring substituents is 1. The number of rotatable bonds is 5. The van der Waals surface area contributed by atoms with Crippen LogP contribution in [0, 0.1) is 10.1 Å². The number of benzene rings is 3. The molecule has 32 heavy (non-hydrogen) atoms. The number of nitro groups is 1. The molecule has 5 rings (SSSR count). The lowest BCUT2D eigenvalue weighted by atomic mass is 9.95. The fourth-order valence-electron chi connectivity index (χ4n) is 4.12. The van der Waals surface area contributed by atoms with E-state index in [9.17, 15) is 14.9 Å². The highest BCUT2D eigenvalue weighted by molar-refractivity contribution is 6.30. The molecule has 0 saturated carbocycles. The second kappa shape index (κ2) is 7.94. The number of amides is 1. The lowest BCUT2D eigenvalue weighted by Crippen LogP contribution is -2.29. The van der Waals surface area contributed by atoms with Gasteiger partial charge in [0.25, 0.3) is 11.6 Å². The summed E-state index contributed by atoms with van der Waals surface area (Å²) in [6.45, 7) is 0.357. The zero-order chi connectivity index (χ0) is 22.2. The molecule has 1 atom stereocenters. The van der Waals surface area contributed by atoms with E-state index in [-0.39, 0.29) is 11.6 Å². The van der Waals surface area contributed by atoms with Gasteiger partial charge in [-0.3, -0.25) is 20.0 Å². The van der Waals surface area contributed by atoms with Gasteiger partial charge >= 0.3 is 0 Å². The minimum Gasteiger partial charge on any atom is -0.322 e. The molecule has 7 nitrogen and oxygen atoms in total. The van der Waals surface area contributed by atoms with Crippen LogP contribution in [0.25, 0.3) is 11.3 Å². The van der Waals surface area contributed by atoms with Crippen LogP contribution in [0.4, 0.5) is 5.69 Å². The average Bonchev–Trinajstić information content (AvgIpc) is 3.34. The highest BCUT2D eigenvalue weighted by Gasteiger charge is 2.42. The van der Waals surface area contributed by atoms with Gasteiger partial charge in [-0.25, -0.2) is 0 Å². The van der Waals surface area contributed by atoms with Gasteiger partial charge in [0, 0.05) is 34.8 Å². The van der Waals surface area contributed by atoms with E-state index in [4.69, 9.17) is 11.6 Å². The maximum absolute atomic E-state index is 13.4. The van der Waals surface area contributed by atoms with Crippen LogP contribution >= 0.6 is 11.6 Å². The maximum atomic E-state index is 13.4. The molecule has 1 aliphatic rings. The normalized spacial score (nSPS) is 15.1. The molecule has 1 aliphatic heterocycles. The van der Waals surface area contributed by atoms with Crippen molar-refractivity contribution in [1.82, 2.24) is 15.1 Å². The highest BCUT2D eigenvalue weighted by atomic mass is 35.5. The minimum atomic E-state index is -0.526. The number of H-pyrrole nitrogens is 1. The molecular formula is C24H17ClN4O3. The van der Waals surface area contributed by atoms with Crippen molar-refractivity contribution >= 4 is 23.2 Å². The molecule has 1 aromatic heterocycles. The molecule has 2 heterocycles. The molecule has 0 aliphatic carbocycles. The number of aromatic amines is 1. The van der Waals surface area contributed by atoms with E-state index in [1.54, 1.807) is 29.2 Å². The number of hydrogen-bond acceptors (Lipinski definition) is 4. The lowest BCUT2D eigenvalue weighted by molar-refractivity contribution is -0.384. The van der Waals surface area contributed by atoms with E-state index >= 15 is 0 Å². The summed E-state index contributed by atoms with van der Waals surface area (Å²) in [5.41, 5.74) is 4.10. The summed E-state index contributed by atoms with van der Waals surface area (Å²) >= 11 is 6.04. The first-order chi connectivity index (χ1) is 15.5. The number of aromatic nitrogens is 2. The summed E-state index contributed by atoms with van der Waals surface area (Å²) in [6, 6.07) is 22.7. The lowest BCUT2D eigenvalue weighted by Gasteiger charge is -2.26. The smallest absolute Gasteiger partial charge is 0.273 e. The second-order valence-corrected chi connectivity index (χ2v) is 7.98. The van der Waals surface area contributed by atoms with Crippen LogP contribution in [0.2, 0.25) is 5.02 Å². The van der Waals surface area contributed by atoms with Crippen molar-refractivity contribution in [3.63, 3.8) is 0 Å². The minimum absolute atomic E-state index is 0.0282. The number of nitrogens with zero attached hydrogens (tertiary/aromatic N) is 3. The predicted octanol–water partition coefficient (Wildman–Crippen LogP) is 5.38. The van der Waals surface area contributed by atoms with Crippen LogP contribution < -0.4 is 0 Å². The molecule has 0 saturated heterocycles. The van der Waals surface area contributed by atoms with Crippen molar-refractivity contribution in [2.45, 2.75) is 12.6 Å². The van der Waals surface area contributed by atoms with E-state index < -0.39 is 11.0 Å². The van der Waals surface area contributed by atoms with Crippen LogP contribution in [0.1, 0.15) is 33.2 Å². The van der Waals surface area contributed by atoms with E-state index in [0.717, 1.165) is 11.1 Å². The summed E-state index contributed by atoms with van der Waals surface area (Å²) in [6.07, 6.45) is 0. The zero-order valence-corrected chi connectivity index (χ0v) is 17.5. The van der Waals surface area contributed by atoms with Gasteiger partial charge in [0.15, 0.2) is 0 Å². The van der Waals surface area contributed by atoms with Crippen molar-refractivity contribution < 1.29 is 9.72 Å². The highest BCUT2D eigenvalue weighted by Crippen LogP contribution is 2.44. The van der Waals surface area contributed by atoms with Crippen LogP contribution in [-0.4, -0.2) is 25.9 Å². The Morgan fingerprint density at radius 3 is 2.50 bits per heavy atom. The third-order valence-corrected chi connectivity index (χ3v) is 5.83. The van der Waals surface area contributed by atoms with Crippen LogP contribution in [-0.2, 0) is 6.54 Å². The zero-order valence-electron chi connectivity index (χ0n) is 16.7. The van der Waals surface area contributed by atoms with Crippen molar-refractivity contribution in [3.8, 4) is 11.3 Å². The van der Waals surface area contributed by atoms with Crippen molar-refractivity contribution in [2.24, 2.45) is 0 Å². The van der Waals surface area contributed by atoms with Gasteiger partial charge in [0.1, 0.15) is 5.69 Å². The summed E-state index contributed by atoms with van der Waals surface area (Å²) in [5.74, 6) is -0.201. The molecule has 0 fully saturated rings. The summed E-state index contributed by atoms with van der Waals surface area (Å²) in [4.78, 5) is 26.1. The van der Waals surface area contributed by atoms with Gasteiger partial charge < -0.3 is 4.90 Å². The third kappa shape index (κ3) is 3.42. The monoisotopic (exact) mass is 444 g/mol. The molecule has 1 unspecified atom stereocenters. The Labute approximate surface area is 188 Å². The van der Waals surface area contributed by atoms with Gasteiger partial charge in [-0.15, -0.1) is 0 Å². The first kappa shape index (κ1) is 20.0. The number of halogens is 1. The Morgan fingerprint density at radius 2 is 1.78 bits per heavy atom. The Kier molecular flexibility index (Phi) is 4.95. The van der Waals surface area contributed by atoms with E-state index in [2.05, 4.69) is 10.2 Å². The molecule has 0 radical (unpaired) electrons. The Hall–Kier alpha value is -3.97. The van der Waals surface area contributed by atoms with E-state index in [0.29, 0.717) is 34.1 Å². The summed E-state index contributed by atoms with van der Waals surface area (Å²) in [5, 5.41) is 19.3. The Balaban J connectivity index is 1.67. The number of carbonyl (C=O) groups is 1. The quantitative estimate of drug-likeness (QED) is 0.330. The van der Waals surface area contributed by atoms with Gasteiger partial charge in [-0.2, -0.15) is 5.10 Å². The van der Waals surface area contributed by atoms with Crippen LogP contribution in [0.15, 0.2) is 78.9 Å². The molecule has 1 N–H and O–H groups in total. The van der Waals surface area contributed by atoms with E-state index in [1.165, 1.54) is 12.1 Å². The summed E-state index contributed by atoms with van der Waals surface area (Å²) < 4.78 is 0. The van der Waals surface area contributed by atoms with Crippen LogP contribution in [0.5, 0.6) is 0 Å². The number of fused-ring (bicyclic) bond motifs is 1. The SMILES string of the molecule is O=C1c2[nH]nc(-c3ccc(Cl)cc3)c2C(c2cccc([N+](=O)[O-])c2)N1Cc1ccccc1. The largest absolute Gasteiger partial charge is 0.322 e. The van der Waals surface area contributed by atoms with Gasteiger partial charge in [0.2, 0.25) is 0 Å². The van der Waals surface area contributed by atoms with Crippen molar-refractivity contribution in [2.75, 3.05) is 0 Å². The van der Waals surface area contributed by atoms with Crippen molar-refractivity contribution in [3.05, 3.63) is 116 Å². The molecular weight excluding hydrogens is 428 g/mol. The number of nitrogens with one attached hydrogen (secondary N) is 1. The number of hydrogen-bond donors (Lipinski definition) is 1. The molecule has 1 amide bonds. The standard InChI is InChI=1S/C24H17ClN4O3/c25-18-11-9-16(10-12-18)21-20-22(27-26-21)24(30)28(14-15-5-2-1-3-6-15)23(20)17-7-4-8-19(13-17)29(31)32/h1-13,23H,14H2,(H,26,27). The fraction of sp³-hybridized carbons (Fsp3) is 0.0833. The van der Waals surface area contributed by atoms with Gasteiger partial charge in [0.05, 0.1) is 16.7 Å². The topological polar surface area (TPSA) is 92.1 Å². The summed E-state index contributed by atoms with van der Waals surface area (Å²) in [7, 11) is 0. The fourth-order valence-corrected chi connectivity index (χ4v) is 4.25. The second-order valence-electron chi connectivity index (χ2n) is 7.54. The molecule has 3 aromatic carbocycles. The number of non-ortho nitro benzene ring substituents is 1. The molecule has 0 bridgehead atoms. The Morgan fingerprint density at radius 1 is 1.03 bits per heavy atom. The van der Waals surface area contributed by atoms with Crippen LogP contribution in [0.3, 0.4) is 0 Å². The maximum Gasteiger partial charge on any atom is 0.273 e. The third-order valence-electron chi connectivity index (χ3n) is 5.57. The first-order valence-electron chi connectivity index (χ1n) is 9.96. The first-order valence-corrected chi connectivity index (χ1v) is 10.3. The average molecular weight is 445 g/mol. The Bertz CT molecular complexity index is 1320. The van der Waals surface area contributed by atoms with Gasteiger partial charge in [-0.1, -0.05) is 66.2 Å². The number of carbonyl (C=O) groups excluding carboxylic acids is 1. The van der Waals surface area contributed by atoms with Gasteiger partial charge in [-0.05, 0) is 23.3 Å². The van der Waals surface area contributed by atoms with Crippen molar-refractivity contribution in [1.29, 1.82) is 0 Å². The molecule has 0 spiro atoms. The molecule has 4 aromatic rings. The molecule has 8 heteroatoms. The molecule has 158 valence electrons. The predicted molar refractivity (Wildman–Crippen MR) is 120 cm³/mol. The van der Waals surface area contributed by atoms with E-state index in [1.807, 2.05) is 42.5 Å².